The fraction of sp³-hybridized carbons (Fsp3) is 0.231. The average Bonchev–Trinajstić information content (AvgIpc) is 2.71. The van der Waals surface area contributed by atoms with Crippen LogP contribution in [0.1, 0.15) is 21.6 Å². The Labute approximate surface area is 99.9 Å². The van der Waals surface area contributed by atoms with Crippen molar-refractivity contribution in [1.82, 2.24) is 9.55 Å². The Morgan fingerprint density at radius 1 is 1.35 bits per heavy atom. The van der Waals surface area contributed by atoms with Crippen LogP contribution in [0, 0.1) is 6.92 Å². The molecule has 0 bridgehead atoms. The van der Waals surface area contributed by atoms with Crippen LogP contribution in [0.3, 0.4) is 0 Å². The predicted molar refractivity (Wildman–Crippen MR) is 63.8 cm³/mol. The number of carbonyl (C=O) groups is 1. The van der Waals surface area contributed by atoms with Crippen molar-refractivity contribution in [3.8, 4) is 0 Å². The van der Waals surface area contributed by atoms with Gasteiger partial charge >= 0.3 is 5.97 Å². The van der Waals surface area contributed by atoms with Gasteiger partial charge < -0.3 is 9.30 Å². The molecule has 0 fully saturated rings. The van der Waals surface area contributed by atoms with Gasteiger partial charge in [-0.05, 0) is 36.2 Å². The van der Waals surface area contributed by atoms with E-state index in [0.29, 0.717) is 12.2 Å². The lowest BCUT2D eigenvalue weighted by atomic mass is 10.2. The molecule has 88 valence electrons. The van der Waals surface area contributed by atoms with Crippen molar-refractivity contribution >= 4 is 5.97 Å². The Hall–Kier alpha value is -2.10. The molecule has 0 unspecified atom stereocenters. The molecule has 2 aromatic heterocycles. The lowest BCUT2D eigenvalue weighted by Gasteiger charge is -2.08. The number of carbonyl (C=O) groups excluding carboxylic acids is 1. The summed E-state index contributed by atoms with van der Waals surface area (Å²) < 4.78 is 6.67. The number of ether oxygens (including phenoxy) is 1. The van der Waals surface area contributed by atoms with E-state index in [4.69, 9.17) is 4.74 Å². The highest BCUT2D eigenvalue weighted by Crippen LogP contribution is 2.13. The molecule has 4 nitrogen and oxygen atoms in total. The molecule has 0 N–H and O–H groups in total. The SMILES string of the molecule is COC(=O)c1c(C)ccn1Cc1ccncc1. The zero-order valence-electron chi connectivity index (χ0n) is 9.88. The molecule has 4 heteroatoms. The van der Waals surface area contributed by atoms with Gasteiger partial charge in [-0.3, -0.25) is 4.98 Å². The van der Waals surface area contributed by atoms with E-state index in [0.717, 1.165) is 11.1 Å². The summed E-state index contributed by atoms with van der Waals surface area (Å²) in [6.07, 6.45) is 5.37. The normalized spacial score (nSPS) is 10.2. The van der Waals surface area contributed by atoms with E-state index in [9.17, 15) is 4.79 Å². The summed E-state index contributed by atoms with van der Waals surface area (Å²) in [6, 6.07) is 5.76. The molecule has 2 heterocycles. The summed E-state index contributed by atoms with van der Waals surface area (Å²) >= 11 is 0. The Morgan fingerprint density at radius 3 is 2.71 bits per heavy atom. The van der Waals surface area contributed by atoms with Crippen molar-refractivity contribution in [2.75, 3.05) is 7.11 Å². The van der Waals surface area contributed by atoms with Crippen molar-refractivity contribution in [2.45, 2.75) is 13.5 Å². The zero-order valence-corrected chi connectivity index (χ0v) is 9.88. The van der Waals surface area contributed by atoms with Crippen LogP contribution in [-0.2, 0) is 11.3 Å². The lowest BCUT2D eigenvalue weighted by Crippen LogP contribution is -2.12. The molecule has 0 spiro atoms. The summed E-state index contributed by atoms with van der Waals surface area (Å²) in [7, 11) is 1.39. The van der Waals surface area contributed by atoms with Gasteiger partial charge in [0, 0.05) is 25.1 Å². The van der Waals surface area contributed by atoms with Crippen molar-refractivity contribution in [2.24, 2.45) is 0 Å². The highest BCUT2D eigenvalue weighted by Gasteiger charge is 2.14. The van der Waals surface area contributed by atoms with E-state index in [1.54, 1.807) is 12.4 Å². The number of pyridine rings is 1. The van der Waals surface area contributed by atoms with E-state index < -0.39 is 0 Å². The molecule has 0 aliphatic rings. The fourth-order valence-corrected chi connectivity index (χ4v) is 1.77. The van der Waals surface area contributed by atoms with Crippen molar-refractivity contribution in [3.05, 3.63) is 53.6 Å². The second-order valence-electron chi connectivity index (χ2n) is 3.82. The highest BCUT2D eigenvalue weighted by molar-refractivity contribution is 5.89. The van der Waals surface area contributed by atoms with Gasteiger partial charge in [-0.15, -0.1) is 0 Å². The number of esters is 1. The molecule has 0 aromatic carbocycles. The van der Waals surface area contributed by atoms with E-state index in [1.165, 1.54) is 7.11 Å². The lowest BCUT2D eigenvalue weighted by molar-refractivity contribution is 0.0588. The standard InChI is InChI=1S/C13H14N2O2/c1-10-5-8-15(12(10)13(16)17-2)9-11-3-6-14-7-4-11/h3-8H,9H2,1-2H3. The van der Waals surface area contributed by atoms with Crippen LogP contribution in [0.5, 0.6) is 0 Å². The minimum Gasteiger partial charge on any atom is -0.464 e. The third-order valence-corrected chi connectivity index (χ3v) is 2.65. The van der Waals surface area contributed by atoms with Crippen LogP contribution in [0.15, 0.2) is 36.8 Å². The molecule has 2 rings (SSSR count). The minimum absolute atomic E-state index is 0.304. The maximum Gasteiger partial charge on any atom is 0.354 e. The quantitative estimate of drug-likeness (QED) is 0.758. The van der Waals surface area contributed by atoms with Gasteiger partial charge in [-0.1, -0.05) is 0 Å². The maximum absolute atomic E-state index is 11.7. The first kappa shape index (κ1) is 11.4. The first-order chi connectivity index (χ1) is 8.22. The molecule has 0 aliphatic carbocycles. The van der Waals surface area contributed by atoms with Crippen molar-refractivity contribution in [3.63, 3.8) is 0 Å². The van der Waals surface area contributed by atoms with Crippen molar-refractivity contribution < 1.29 is 9.53 Å². The number of nitrogens with zero attached hydrogens (tertiary/aromatic N) is 2. The van der Waals surface area contributed by atoms with Gasteiger partial charge in [-0.2, -0.15) is 0 Å². The topological polar surface area (TPSA) is 44.1 Å². The summed E-state index contributed by atoms with van der Waals surface area (Å²) in [5, 5.41) is 0. The third-order valence-electron chi connectivity index (χ3n) is 2.65. The molecule has 0 radical (unpaired) electrons. The average molecular weight is 230 g/mol. The van der Waals surface area contributed by atoms with E-state index in [-0.39, 0.29) is 5.97 Å². The molecule has 0 amide bonds. The molecule has 0 saturated carbocycles. The Bertz CT molecular complexity index is 517. The smallest absolute Gasteiger partial charge is 0.354 e. The van der Waals surface area contributed by atoms with Crippen LogP contribution in [-0.4, -0.2) is 22.6 Å². The highest BCUT2D eigenvalue weighted by atomic mass is 16.5. The number of aryl methyl sites for hydroxylation is 1. The van der Waals surface area contributed by atoms with E-state index >= 15 is 0 Å². The van der Waals surface area contributed by atoms with Crippen LogP contribution in [0.2, 0.25) is 0 Å². The summed E-state index contributed by atoms with van der Waals surface area (Å²) in [4.78, 5) is 15.6. The third kappa shape index (κ3) is 2.36. The van der Waals surface area contributed by atoms with Crippen molar-refractivity contribution in [1.29, 1.82) is 0 Å². The van der Waals surface area contributed by atoms with Gasteiger partial charge in [0.15, 0.2) is 0 Å². The summed E-state index contributed by atoms with van der Waals surface area (Å²) in [5.74, 6) is -0.304. The molecule has 0 atom stereocenters. The molecule has 17 heavy (non-hydrogen) atoms. The van der Waals surface area contributed by atoms with E-state index in [1.807, 2.05) is 35.9 Å². The number of aromatic nitrogens is 2. The Kier molecular flexibility index (Phi) is 3.23. The van der Waals surface area contributed by atoms with Crippen LogP contribution < -0.4 is 0 Å². The number of hydrogen-bond donors (Lipinski definition) is 0. The monoisotopic (exact) mass is 230 g/mol. The minimum atomic E-state index is -0.304. The van der Waals surface area contributed by atoms with Gasteiger partial charge in [0.05, 0.1) is 7.11 Å². The van der Waals surface area contributed by atoms with Gasteiger partial charge in [0.1, 0.15) is 5.69 Å². The first-order valence-electron chi connectivity index (χ1n) is 5.35. The number of hydrogen-bond acceptors (Lipinski definition) is 3. The van der Waals surface area contributed by atoms with Crippen LogP contribution in [0.4, 0.5) is 0 Å². The maximum atomic E-state index is 11.7. The van der Waals surface area contributed by atoms with Crippen LogP contribution >= 0.6 is 0 Å². The molecular formula is C13H14N2O2. The number of methoxy groups -OCH3 is 1. The molecule has 0 aliphatic heterocycles. The molecule has 2 aromatic rings. The summed E-state index contributed by atoms with van der Waals surface area (Å²) in [5.41, 5.74) is 2.62. The Balaban J connectivity index is 2.31. The summed E-state index contributed by atoms with van der Waals surface area (Å²) in [6.45, 7) is 2.54. The van der Waals surface area contributed by atoms with E-state index in [2.05, 4.69) is 4.98 Å². The van der Waals surface area contributed by atoms with Crippen LogP contribution in [0.25, 0.3) is 0 Å². The van der Waals surface area contributed by atoms with Gasteiger partial charge in [0.2, 0.25) is 0 Å². The number of rotatable bonds is 3. The second-order valence-corrected chi connectivity index (χ2v) is 3.82. The Morgan fingerprint density at radius 2 is 2.06 bits per heavy atom. The molecular weight excluding hydrogens is 216 g/mol. The largest absolute Gasteiger partial charge is 0.464 e. The fourth-order valence-electron chi connectivity index (χ4n) is 1.77. The molecule has 0 saturated heterocycles. The first-order valence-corrected chi connectivity index (χ1v) is 5.35. The van der Waals surface area contributed by atoms with Gasteiger partial charge in [-0.25, -0.2) is 4.79 Å². The predicted octanol–water partition coefficient (Wildman–Crippen LogP) is 2.03. The second kappa shape index (κ2) is 4.82. The van der Waals surface area contributed by atoms with Gasteiger partial charge in [0.25, 0.3) is 0 Å². The zero-order chi connectivity index (χ0) is 12.3.